The highest BCUT2D eigenvalue weighted by Gasteiger charge is 2.20. The minimum Gasteiger partial charge on any atom is -0.493 e. The molecule has 0 aromatic carbocycles. The van der Waals surface area contributed by atoms with Gasteiger partial charge in [-0.05, 0) is 24.6 Å². The summed E-state index contributed by atoms with van der Waals surface area (Å²) in [6.45, 7) is 1.92. The Morgan fingerprint density at radius 3 is 2.88 bits per heavy atom. The minimum absolute atomic E-state index is 0.189. The Bertz CT molecular complexity index is 561. The summed E-state index contributed by atoms with van der Waals surface area (Å²) in [5, 5.41) is 4.00. The first-order chi connectivity index (χ1) is 8.13. The maximum atomic E-state index is 12.3. The predicted octanol–water partition coefficient (Wildman–Crippen LogP) is 1.36. The quantitative estimate of drug-likeness (QED) is 0.748. The minimum atomic E-state index is -0.189. The van der Waals surface area contributed by atoms with E-state index in [4.69, 9.17) is 4.74 Å². The molecule has 0 saturated carbocycles. The molecule has 0 fully saturated rings. The molecule has 0 radical (unpaired) electrons. The van der Waals surface area contributed by atoms with Crippen LogP contribution in [-0.4, -0.2) is 27.7 Å². The van der Waals surface area contributed by atoms with E-state index in [1.54, 1.807) is 19.3 Å². The van der Waals surface area contributed by atoms with Gasteiger partial charge in [0, 0.05) is 13.2 Å². The molecule has 2 rings (SSSR count). The Labute approximate surface area is 99.1 Å². The van der Waals surface area contributed by atoms with Gasteiger partial charge < -0.3 is 4.74 Å². The van der Waals surface area contributed by atoms with Crippen LogP contribution in [0.2, 0.25) is 0 Å². The lowest BCUT2D eigenvalue weighted by Gasteiger charge is -2.04. The first-order valence-electron chi connectivity index (χ1n) is 5.17. The van der Waals surface area contributed by atoms with Gasteiger partial charge in [0.05, 0.1) is 13.3 Å². The van der Waals surface area contributed by atoms with Crippen LogP contribution in [0.4, 0.5) is 0 Å². The molecular formula is C12H13N3O2. The number of carbonyl (C=O) groups is 1. The molecule has 0 atom stereocenters. The van der Waals surface area contributed by atoms with E-state index in [-0.39, 0.29) is 5.78 Å². The highest BCUT2D eigenvalue weighted by Crippen LogP contribution is 2.19. The molecule has 0 amide bonds. The highest BCUT2D eigenvalue weighted by molar-refractivity contribution is 6.08. The van der Waals surface area contributed by atoms with E-state index in [1.165, 1.54) is 18.0 Å². The van der Waals surface area contributed by atoms with Gasteiger partial charge in [-0.1, -0.05) is 0 Å². The van der Waals surface area contributed by atoms with E-state index >= 15 is 0 Å². The molecule has 0 aliphatic rings. The van der Waals surface area contributed by atoms with E-state index in [0.717, 1.165) is 5.56 Å². The molecule has 0 bridgehead atoms. The van der Waals surface area contributed by atoms with Crippen molar-refractivity contribution in [3.8, 4) is 5.75 Å². The van der Waals surface area contributed by atoms with E-state index in [9.17, 15) is 4.79 Å². The lowest BCUT2D eigenvalue weighted by molar-refractivity contribution is 0.102. The van der Waals surface area contributed by atoms with E-state index < -0.39 is 0 Å². The molecule has 0 aliphatic carbocycles. The van der Waals surface area contributed by atoms with Crippen LogP contribution in [0.25, 0.3) is 0 Å². The van der Waals surface area contributed by atoms with Gasteiger partial charge in [-0.3, -0.25) is 14.5 Å². The van der Waals surface area contributed by atoms with Crippen LogP contribution in [0.3, 0.4) is 0 Å². The number of ether oxygens (including phenoxy) is 1. The number of hydrogen-bond acceptors (Lipinski definition) is 4. The number of nitrogens with zero attached hydrogens (tertiary/aromatic N) is 3. The molecule has 2 aromatic rings. The highest BCUT2D eigenvalue weighted by atomic mass is 16.5. The van der Waals surface area contributed by atoms with Crippen molar-refractivity contribution in [1.29, 1.82) is 0 Å². The fraction of sp³-hybridized carbons (Fsp3) is 0.250. The van der Waals surface area contributed by atoms with Crippen molar-refractivity contribution in [2.45, 2.75) is 6.92 Å². The van der Waals surface area contributed by atoms with Crippen molar-refractivity contribution in [1.82, 2.24) is 14.8 Å². The zero-order chi connectivity index (χ0) is 12.4. The molecule has 17 heavy (non-hydrogen) atoms. The van der Waals surface area contributed by atoms with E-state index in [2.05, 4.69) is 10.1 Å². The summed E-state index contributed by atoms with van der Waals surface area (Å²) in [4.78, 5) is 16.3. The number of ketones is 1. The van der Waals surface area contributed by atoms with Gasteiger partial charge in [0.1, 0.15) is 5.69 Å². The molecule has 0 spiro atoms. The molecular weight excluding hydrogens is 218 g/mol. The van der Waals surface area contributed by atoms with Crippen LogP contribution >= 0.6 is 0 Å². The van der Waals surface area contributed by atoms with Gasteiger partial charge in [-0.15, -0.1) is 0 Å². The SMILES string of the molecule is COc1cnn(C)c1C(=O)c1cc(C)ccn1. The number of aromatic nitrogens is 3. The largest absolute Gasteiger partial charge is 0.493 e. The summed E-state index contributed by atoms with van der Waals surface area (Å²) in [5.74, 6) is 0.270. The zero-order valence-corrected chi connectivity index (χ0v) is 9.97. The Hall–Kier alpha value is -2.17. The standard InChI is InChI=1S/C12H13N3O2/c1-8-4-5-13-9(6-8)12(16)11-10(17-3)7-14-15(11)2/h4-7H,1-3H3. The second-order valence-corrected chi connectivity index (χ2v) is 3.73. The first-order valence-corrected chi connectivity index (χ1v) is 5.17. The van der Waals surface area contributed by atoms with Crippen LogP contribution < -0.4 is 4.74 Å². The lowest BCUT2D eigenvalue weighted by Crippen LogP contribution is -2.11. The molecule has 0 saturated heterocycles. The molecule has 88 valence electrons. The van der Waals surface area contributed by atoms with Crippen molar-refractivity contribution >= 4 is 5.78 Å². The number of aryl methyl sites for hydroxylation is 2. The Balaban J connectivity index is 2.47. The first kappa shape index (κ1) is 11.3. The van der Waals surface area contributed by atoms with E-state index in [0.29, 0.717) is 17.1 Å². The second-order valence-electron chi connectivity index (χ2n) is 3.73. The zero-order valence-electron chi connectivity index (χ0n) is 9.97. The number of rotatable bonds is 3. The lowest BCUT2D eigenvalue weighted by atomic mass is 10.1. The van der Waals surface area contributed by atoms with Gasteiger partial charge >= 0.3 is 0 Å². The van der Waals surface area contributed by atoms with Crippen molar-refractivity contribution in [3.05, 3.63) is 41.5 Å². The Morgan fingerprint density at radius 1 is 1.47 bits per heavy atom. The fourth-order valence-electron chi connectivity index (χ4n) is 1.61. The molecule has 5 nitrogen and oxygen atoms in total. The van der Waals surface area contributed by atoms with Crippen molar-refractivity contribution < 1.29 is 9.53 Å². The van der Waals surface area contributed by atoms with Gasteiger partial charge in [0.2, 0.25) is 5.78 Å². The van der Waals surface area contributed by atoms with Gasteiger partial charge in [-0.25, -0.2) is 0 Å². The average Bonchev–Trinajstić information content (AvgIpc) is 2.69. The average molecular weight is 231 g/mol. The van der Waals surface area contributed by atoms with Gasteiger partial charge in [-0.2, -0.15) is 5.10 Å². The Morgan fingerprint density at radius 2 is 2.24 bits per heavy atom. The topological polar surface area (TPSA) is 57.0 Å². The third-order valence-electron chi connectivity index (χ3n) is 2.49. The normalized spacial score (nSPS) is 10.3. The number of pyridine rings is 1. The summed E-state index contributed by atoms with van der Waals surface area (Å²) in [7, 11) is 3.21. The summed E-state index contributed by atoms with van der Waals surface area (Å²) in [5.41, 5.74) is 1.79. The van der Waals surface area contributed by atoms with Crippen LogP contribution in [0.1, 0.15) is 21.7 Å². The molecule has 2 heterocycles. The van der Waals surface area contributed by atoms with Crippen LogP contribution in [0.15, 0.2) is 24.5 Å². The third kappa shape index (κ3) is 2.04. The van der Waals surface area contributed by atoms with Crippen LogP contribution in [0.5, 0.6) is 5.75 Å². The van der Waals surface area contributed by atoms with E-state index in [1.807, 2.05) is 13.0 Å². The van der Waals surface area contributed by atoms with Crippen molar-refractivity contribution in [2.24, 2.45) is 7.05 Å². The third-order valence-corrected chi connectivity index (χ3v) is 2.49. The summed E-state index contributed by atoms with van der Waals surface area (Å²) < 4.78 is 6.60. The van der Waals surface area contributed by atoms with Crippen molar-refractivity contribution in [2.75, 3.05) is 7.11 Å². The second kappa shape index (κ2) is 4.37. The molecule has 0 N–H and O–H groups in total. The maximum Gasteiger partial charge on any atom is 0.233 e. The van der Waals surface area contributed by atoms with Crippen LogP contribution in [0, 0.1) is 6.92 Å². The Kier molecular flexibility index (Phi) is 2.91. The molecule has 0 unspecified atom stereocenters. The number of carbonyl (C=O) groups excluding carboxylic acids is 1. The predicted molar refractivity (Wildman–Crippen MR) is 62.2 cm³/mol. The van der Waals surface area contributed by atoms with Gasteiger partial charge in [0.25, 0.3) is 0 Å². The molecule has 0 aliphatic heterocycles. The number of hydrogen-bond donors (Lipinski definition) is 0. The number of methoxy groups -OCH3 is 1. The molecule has 2 aromatic heterocycles. The fourth-order valence-corrected chi connectivity index (χ4v) is 1.61. The maximum absolute atomic E-state index is 12.3. The summed E-state index contributed by atoms with van der Waals surface area (Å²) in [6.07, 6.45) is 3.13. The summed E-state index contributed by atoms with van der Waals surface area (Å²) in [6, 6.07) is 3.59. The smallest absolute Gasteiger partial charge is 0.233 e. The molecule has 5 heteroatoms. The van der Waals surface area contributed by atoms with Crippen LogP contribution in [-0.2, 0) is 7.05 Å². The van der Waals surface area contributed by atoms with Crippen molar-refractivity contribution in [3.63, 3.8) is 0 Å². The summed E-state index contributed by atoms with van der Waals surface area (Å²) >= 11 is 0. The monoisotopic (exact) mass is 231 g/mol. The van der Waals surface area contributed by atoms with Gasteiger partial charge in [0.15, 0.2) is 11.4 Å².